The van der Waals surface area contributed by atoms with Gasteiger partial charge in [-0.25, -0.2) is 4.98 Å². The molecular formula is C22H22N3O4S2-. The molecule has 2 aromatic rings. The molecule has 1 aromatic heterocycles. The van der Waals surface area contributed by atoms with Crippen molar-refractivity contribution >= 4 is 47.0 Å². The van der Waals surface area contributed by atoms with Gasteiger partial charge in [0.2, 0.25) is 5.91 Å². The molecule has 0 spiro atoms. The third-order valence-corrected chi connectivity index (χ3v) is 7.13. The second-order valence-corrected chi connectivity index (χ2v) is 8.91. The largest absolute Gasteiger partial charge is 0.543 e. The van der Waals surface area contributed by atoms with Crippen LogP contribution in [0.15, 0.2) is 53.2 Å². The van der Waals surface area contributed by atoms with Crippen molar-refractivity contribution in [2.24, 2.45) is 0 Å². The summed E-state index contributed by atoms with van der Waals surface area (Å²) in [4.78, 5) is 43.1. The molecule has 2 unspecified atom stereocenters. The zero-order valence-corrected chi connectivity index (χ0v) is 17.7. The normalized spacial score (nSPS) is 20.2. The predicted octanol–water partition coefficient (Wildman–Crippen LogP) is 1.75. The Morgan fingerprint density at radius 3 is 2.68 bits per heavy atom. The number of hydrogen-bond acceptors (Lipinski definition) is 7. The summed E-state index contributed by atoms with van der Waals surface area (Å²) in [6.07, 6.45) is 3.66. The lowest BCUT2D eigenvalue weighted by atomic mass is 10.0. The zero-order valence-electron chi connectivity index (χ0n) is 16.0. The summed E-state index contributed by atoms with van der Waals surface area (Å²) < 4.78 is 0. The number of β-lactam (4-membered cyclic amide) rings is 1. The number of hydrogen-bond donors (Lipinski definition) is 1. The number of rotatable bonds is 6. The highest BCUT2D eigenvalue weighted by Gasteiger charge is 2.52. The number of nitrogens with zero attached hydrogens (tertiary/aromatic N) is 2. The number of allylic oxidation sites excluding steroid dienone is 1. The van der Waals surface area contributed by atoms with E-state index in [1.165, 1.54) is 28.0 Å². The minimum absolute atomic E-state index is 0. The lowest BCUT2D eigenvalue weighted by Crippen LogP contribution is -2.71. The van der Waals surface area contributed by atoms with Crippen LogP contribution in [0.2, 0.25) is 0 Å². The average molecular weight is 457 g/mol. The monoisotopic (exact) mass is 456 g/mol. The van der Waals surface area contributed by atoms with Gasteiger partial charge in [0.15, 0.2) is 0 Å². The smallest absolute Gasteiger partial charge is 0.253 e. The van der Waals surface area contributed by atoms with Crippen LogP contribution in [0.1, 0.15) is 23.6 Å². The highest BCUT2D eigenvalue weighted by atomic mass is 32.2. The molecule has 162 valence electrons. The molecule has 0 saturated carbocycles. The lowest BCUT2D eigenvalue weighted by Gasteiger charge is -2.50. The van der Waals surface area contributed by atoms with E-state index < -0.39 is 23.3 Å². The van der Waals surface area contributed by atoms with Gasteiger partial charge < -0.3 is 15.2 Å². The molecule has 2 aliphatic heterocycles. The van der Waals surface area contributed by atoms with Gasteiger partial charge in [-0.2, -0.15) is 0 Å². The summed E-state index contributed by atoms with van der Waals surface area (Å²) in [5.41, 5.74) is 3.80. The Kier molecular flexibility index (Phi) is 6.97. The minimum atomic E-state index is -1.40. The molecule has 0 radical (unpaired) electrons. The van der Waals surface area contributed by atoms with Crippen molar-refractivity contribution in [3.8, 4) is 0 Å². The molecule has 7 nitrogen and oxygen atoms in total. The van der Waals surface area contributed by atoms with Gasteiger partial charge in [0.1, 0.15) is 11.4 Å². The summed E-state index contributed by atoms with van der Waals surface area (Å²) in [7, 11) is 0. The van der Waals surface area contributed by atoms with E-state index in [1.807, 2.05) is 37.3 Å². The van der Waals surface area contributed by atoms with E-state index in [2.05, 4.69) is 10.3 Å². The number of thiazole rings is 1. The molecule has 0 bridgehead atoms. The second-order valence-electron chi connectivity index (χ2n) is 6.91. The van der Waals surface area contributed by atoms with Crippen molar-refractivity contribution in [3.05, 3.63) is 69.3 Å². The Morgan fingerprint density at radius 1 is 1.29 bits per heavy atom. The zero-order chi connectivity index (χ0) is 21.3. The Hall–Kier alpha value is -2.91. The molecule has 2 aliphatic rings. The summed E-state index contributed by atoms with van der Waals surface area (Å²) in [6, 6.07) is 8.48. The molecule has 3 heterocycles. The van der Waals surface area contributed by atoms with Crippen molar-refractivity contribution in [1.82, 2.24) is 15.2 Å². The van der Waals surface area contributed by atoms with Gasteiger partial charge in [0.25, 0.3) is 5.91 Å². The Bertz CT molecular complexity index is 1060. The highest BCUT2D eigenvalue weighted by Crippen LogP contribution is 2.40. The van der Waals surface area contributed by atoms with Crippen LogP contribution in [0.3, 0.4) is 0 Å². The minimum Gasteiger partial charge on any atom is -0.543 e. The first-order valence-corrected chi connectivity index (χ1v) is 11.2. The van der Waals surface area contributed by atoms with Crippen LogP contribution in [-0.4, -0.2) is 44.8 Å². The van der Waals surface area contributed by atoms with Crippen LogP contribution in [0.5, 0.6) is 0 Å². The van der Waals surface area contributed by atoms with E-state index >= 15 is 0 Å². The van der Waals surface area contributed by atoms with E-state index in [0.717, 1.165) is 16.1 Å². The molecular weight excluding hydrogens is 434 g/mol. The number of carbonyl (C=O) groups excluding carboxylic acids is 3. The maximum Gasteiger partial charge on any atom is 0.253 e. The molecule has 1 N–H and O–H groups in total. The fourth-order valence-corrected chi connectivity index (χ4v) is 5.43. The highest BCUT2D eigenvalue weighted by molar-refractivity contribution is 8.00. The number of aromatic nitrogens is 1. The molecule has 1 fully saturated rings. The van der Waals surface area contributed by atoms with Crippen molar-refractivity contribution in [2.75, 3.05) is 5.75 Å². The van der Waals surface area contributed by atoms with Crippen molar-refractivity contribution in [2.45, 2.75) is 32.2 Å². The van der Waals surface area contributed by atoms with Crippen LogP contribution in [-0.2, 0) is 20.8 Å². The summed E-state index contributed by atoms with van der Waals surface area (Å²) in [6.45, 7) is 1.87. The van der Waals surface area contributed by atoms with Crippen LogP contribution in [0, 0.1) is 6.92 Å². The van der Waals surface area contributed by atoms with Crippen LogP contribution in [0.25, 0.3) is 6.08 Å². The molecule has 4 rings (SSSR count). The van der Waals surface area contributed by atoms with E-state index in [1.54, 1.807) is 17.7 Å². The Morgan fingerprint density at radius 2 is 2.03 bits per heavy atom. The van der Waals surface area contributed by atoms with Crippen LogP contribution in [0.4, 0.5) is 0 Å². The van der Waals surface area contributed by atoms with Gasteiger partial charge in [-0.15, -0.1) is 23.1 Å². The Labute approximate surface area is 188 Å². The van der Waals surface area contributed by atoms with Crippen LogP contribution >= 0.6 is 23.1 Å². The van der Waals surface area contributed by atoms with Gasteiger partial charge in [-0.3, -0.25) is 14.5 Å². The lowest BCUT2D eigenvalue weighted by molar-refractivity contribution is -0.301. The number of carbonyl (C=O) groups is 3. The van der Waals surface area contributed by atoms with E-state index in [0.29, 0.717) is 11.3 Å². The first kappa shape index (κ1) is 22.8. The molecule has 2 atom stereocenters. The SMILES string of the molecule is C.Cc1ncsc1/C=C\C1=C(C(=O)[O-])N2C(=O)C(NC(=O)Cc3ccccc3)C2SC1. The molecule has 9 heteroatoms. The van der Waals surface area contributed by atoms with Gasteiger partial charge in [-0.1, -0.05) is 43.8 Å². The number of thioether (sulfide) groups is 1. The maximum absolute atomic E-state index is 12.7. The van der Waals surface area contributed by atoms with E-state index in [4.69, 9.17) is 0 Å². The van der Waals surface area contributed by atoms with Gasteiger partial charge in [-0.05, 0) is 24.1 Å². The number of carboxylic acids is 1. The average Bonchev–Trinajstić information content (AvgIpc) is 3.15. The number of aliphatic carboxylic acids is 1. The number of carboxylic acid groups (broad SMARTS) is 1. The third kappa shape index (κ3) is 4.57. The van der Waals surface area contributed by atoms with Gasteiger partial charge in [0, 0.05) is 10.6 Å². The van der Waals surface area contributed by atoms with Crippen molar-refractivity contribution in [3.63, 3.8) is 0 Å². The number of aryl methyl sites for hydroxylation is 1. The summed E-state index contributed by atoms with van der Waals surface area (Å²) in [5.74, 6) is -1.71. The molecule has 31 heavy (non-hydrogen) atoms. The number of fused-ring (bicyclic) bond motifs is 1. The van der Waals surface area contributed by atoms with E-state index in [9.17, 15) is 19.5 Å². The van der Waals surface area contributed by atoms with Gasteiger partial charge >= 0.3 is 0 Å². The Balaban J connectivity index is 0.00000272. The molecule has 0 aliphatic carbocycles. The fraction of sp³-hybridized carbons (Fsp3) is 0.273. The fourth-order valence-electron chi connectivity index (χ4n) is 3.41. The van der Waals surface area contributed by atoms with Crippen molar-refractivity contribution < 1.29 is 19.5 Å². The summed E-state index contributed by atoms with van der Waals surface area (Å²) >= 11 is 2.87. The first-order chi connectivity index (χ1) is 14.5. The number of nitrogens with one attached hydrogen (secondary N) is 1. The van der Waals surface area contributed by atoms with Crippen LogP contribution < -0.4 is 10.4 Å². The third-order valence-electron chi connectivity index (χ3n) is 4.93. The first-order valence-electron chi connectivity index (χ1n) is 9.26. The molecule has 1 saturated heterocycles. The predicted molar refractivity (Wildman–Crippen MR) is 120 cm³/mol. The maximum atomic E-state index is 12.7. The topological polar surface area (TPSA) is 102 Å². The molecule has 2 amide bonds. The quantitative estimate of drug-likeness (QED) is 0.665. The second kappa shape index (κ2) is 9.49. The van der Waals surface area contributed by atoms with E-state index in [-0.39, 0.29) is 25.5 Å². The summed E-state index contributed by atoms with van der Waals surface area (Å²) in [5, 5.41) is 14.1. The standard InChI is InChI=1S/C21H19N3O4S2.CH4/c1-12-15(30-11-22-12)8-7-14-10-29-20-17(19(26)24(20)18(14)21(27)28)23-16(25)9-13-5-3-2-4-6-13;/h2-8,11,17,20H,9-10H2,1H3,(H,23,25)(H,27,28);1H4/p-1/b8-7-;. The molecule has 1 aromatic carbocycles. The number of benzene rings is 1. The van der Waals surface area contributed by atoms with Crippen molar-refractivity contribution in [1.29, 1.82) is 0 Å². The van der Waals surface area contributed by atoms with Gasteiger partial charge in [0.05, 0.1) is 29.3 Å². The number of amides is 2.